The number of hydrogen-bond acceptors (Lipinski definition) is 5. The number of amides is 1. The van der Waals surface area contributed by atoms with Crippen molar-refractivity contribution in [1.29, 1.82) is 5.26 Å². The number of halogens is 1. The van der Waals surface area contributed by atoms with Gasteiger partial charge < -0.3 is 19.9 Å². The summed E-state index contributed by atoms with van der Waals surface area (Å²) in [5.41, 5.74) is 7.11. The number of primary amides is 1. The van der Waals surface area contributed by atoms with Crippen LogP contribution < -0.4 is 20.9 Å². The van der Waals surface area contributed by atoms with Crippen LogP contribution in [0.25, 0.3) is 11.1 Å². The monoisotopic (exact) mass is 446 g/mol. The molecule has 1 fully saturated rings. The van der Waals surface area contributed by atoms with Gasteiger partial charge in [-0.3, -0.25) is 9.59 Å². The third-order valence-corrected chi connectivity index (χ3v) is 5.84. The highest BCUT2D eigenvalue weighted by molar-refractivity contribution is 6.01. The Kier molecular flexibility index (Phi) is 6.13. The first-order valence-corrected chi connectivity index (χ1v) is 10.6. The molecule has 1 aliphatic heterocycles. The number of ether oxygens (including phenoxy) is 1. The van der Waals surface area contributed by atoms with Gasteiger partial charge in [-0.25, -0.2) is 4.39 Å². The van der Waals surface area contributed by atoms with Gasteiger partial charge in [-0.1, -0.05) is 12.1 Å². The maximum Gasteiger partial charge on any atom is 0.263 e. The number of hydrogen-bond donors (Lipinski definition) is 1. The molecule has 0 aliphatic carbocycles. The maximum atomic E-state index is 13.9. The lowest BCUT2D eigenvalue weighted by Crippen LogP contribution is -2.38. The molecule has 7 nitrogen and oxygen atoms in total. The topological polar surface area (TPSA) is 101 Å². The summed E-state index contributed by atoms with van der Waals surface area (Å²) in [4.78, 5) is 26.9. The van der Waals surface area contributed by atoms with Crippen molar-refractivity contribution in [3.8, 4) is 22.9 Å². The van der Waals surface area contributed by atoms with Crippen molar-refractivity contribution in [3.63, 3.8) is 0 Å². The van der Waals surface area contributed by atoms with Crippen molar-refractivity contribution in [2.24, 2.45) is 12.8 Å². The summed E-state index contributed by atoms with van der Waals surface area (Å²) in [6.07, 6.45) is 2.76. The second-order valence-electron chi connectivity index (χ2n) is 7.96. The van der Waals surface area contributed by atoms with E-state index in [1.807, 2.05) is 6.07 Å². The summed E-state index contributed by atoms with van der Waals surface area (Å²) in [5.74, 6) is -0.975. The molecule has 33 heavy (non-hydrogen) atoms. The molecule has 0 unspecified atom stereocenters. The largest absolute Gasteiger partial charge is 0.487 e. The zero-order chi connectivity index (χ0) is 23.5. The summed E-state index contributed by atoms with van der Waals surface area (Å²) in [6.45, 7) is 1.24. The van der Waals surface area contributed by atoms with Crippen LogP contribution in [0.1, 0.15) is 28.8 Å². The molecular weight excluding hydrogens is 423 g/mol. The lowest BCUT2D eigenvalue weighted by atomic mass is 9.95. The van der Waals surface area contributed by atoms with Crippen LogP contribution in [0.3, 0.4) is 0 Å². The third-order valence-electron chi connectivity index (χ3n) is 5.84. The minimum Gasteiger partial charge on any atom is -0.487 e. The Bertz CT molecular complexity index is 1300. The highest BCUT2D eigenvalue weighted by atomic mass is 19.1. The standard InChI is InChI=1S/C25H23FN4O3/c1-29-11-10-18(23(24(28)31)25(29)32)19-14-16(15-27)6-7-21(19)30-12-8-17(9-13-30)33-22-5-3-2-4-20(22)26/h2-7,10-11,14,17H,8-9,12-13H2,1H3,(H2,28,31). The van der Waals surface area contributed by atoms with Crippen LogP contribution in [0.2, 0.25) is 0 Å². The first kappa shape index (κ1) is 22.1. The number of rotatable bonds is 5. The van der Waals surface area contributed by atoms with Gasteiger partial charge in [-0.05, 0) is 36.4 Å². The highest BCUT2D eigenvalue weighted by Crippen LogP contribution is 2.35. The molecule has 0 atom stereocenters. The van der Waals surface area contributed by atoms with E-state index in [2.05, 4.69) is 11.0 Å². The number of nitrogens with two attached hydrogens (primary N) is 1. The Hall–Kier alpha value is -4.12. The molecule has 1 amide bonds. The minimum atomic E-state index is -0.823. The number of nitrogens with zero attached hydrogens (tertiary/aromatic N) is 3. The Morgan fingerprint density at radius 2 is 1.88 bits per heavy atom. The Morgan fingerprint density at radius 3 is 2.55 bits per heavy atom. The van der Waals surface area contributed by atoms with Crippen LogP contribution in [0.4, 0.5) is 10.1 Å². The van der Waals surface area contributed by atoms with E-state index in [1.54, 1.807) is 49.6 Å². The van der Waals surface area contributed by atoms with Gasteiger partial charge in [-0.2, -0.15) is 5.26 Å². The summed E-state index contributed by atoms with van der Waals surface area (Å²) in [6, 6.07) is 15.3. The fourth-order valence-corrected chi connectivity index (χ4v) is 4.12. The van der Waals surface area contributed by atoms with Crippen molar-refractivity contribution < 1.29 is 13.9 Å². The van der Waals surface area contributed by atoms with Gasteiger partial charge in [0.15, 0.2) is 11.6 Å². The predicted molar refractivity (Wildman–Crippen MR) is 123 cm³/mol. The number of carbonyl (C=O) groups excluding carboxylic acids is 1. The molecule has 0 bridgehead atoms. The SMILES string of the molecule is Cn1ccc(-c2cc(C#N)ccc2N2CCC(Oc3ccccc3F)CC2)c(C(N)=O)c1=O. The van der Waals surface area contributed by atoms with E-state index in [0.717, 1.165) is 5.69 Å². The fraction of sp³-hybridized carbons (Fsp3) is 0.240. The van der Waals surface area contributed by atoms with Crippen LogP contribution in [0, 0.1) is 17.1 Å². The maximum absolute atomic E-state index is 13.9. The molecule has 0 spiro atoms. The van der Waals surface area contributed by atoms with Crippen LogP contribution in [0.15, 0.2) is 59.5 Å². The van der Waals surface area contributed by atoms with E-state index in [0.29, 0.717) is 42.6 Å². The molecule has 168 valence electrons. The van der Waals surface area contributed by atoms with Gasteiger partial charge in [0.25, 0.3) is 11.5 Å². The molecule has 1 aromatic heterocycles. The second kappa shape index (κ2) is 9.17. The smallest absolute Gasteiger partial charge is 0.263 e. The number of pyridine rings is 1. The number of anilines is 1. The minimum absolute atomic E-state index is 0.117. The molecule has 4 rings (SSSR count). The average molecular weight is 446 g/mol. The molecule has 2 heterocycles. The molecule has 0 saturated carbocycles. The summed E-state index contributed by atoms with van der Waals surface area (Å²) in [5, 5.41) is 9.42. The van der Waals surface area contributed by atoms with Crippen molar-refractivity contribution in [3.05, 3.63) is 82.0 Å². The van der Waals surface area contributed by atoms with Gasteiger partial charge in [-0.15, -0.1) is 0 Å². The van der Waals surface area contributed by atoms with E-state index >= 15 is 0 Å². The summed E-state index contributed by atoms with van der Waals surface area (Å²) in [7, 11) is 1.55. The van der Waals surface area contributed by atoms with Crippen molar-refractivity contribution in [2.45, 2.75) is 18.9 Å². The van der Waals surface area contributed by atoms with Gasteiger partial charge in [0.05, 0.1) is 11.6 Å². The lowest BCUT2D eigenvalue weighted by Gasteiger charge is -2.35. The van der Waals surface area contributed by atoms with E-state index in [1.165, 1.54) is 10.6 Å². The van der Waals surface area contributed by atoms with E-state index < -0.39 is 11.5 Å². The van der Waals surface area contributed by atoms with Crippen molar-refractivity contribution in [2.75, 3.05) is 18.0 Å². The number of piperidine rings is 1. The van der Waals surface area contributed by atoms with Crippen molar-refractivity contribution in [1.82, 2.24) is 4.57 Å². The van der Waals surface area contributed by atoms with Gasteiger partial charge in [0, 0.05) is 56.0 Å². The number of carbonyl (C=O) groups is 1. The number of nitriles is 1. The quantitative estimate of drug-likeness (QED) is 0.649. The van der Waals surface area contributed by atoms with Crippen LogP contribution in [0.5, 0.6) is 5.75 Å². The van der Waals surface area contributed by atoms with E-state index in [4.69, 9.17) is 10.5 Å². The third kappa shape index (κ3) is 4.44. The van der Waals surface area contributed by atoms with Crippen molar-refractivity contribution >= 4 is 11.6 Å². The molecule has 2 aromatic carbocycles. The Labute approximate surface area is 190 Å². The first-order chi connectivity index (χ1) is 15.9. The molecule has 0 radical (unpaired) electrons. The molecule has 3 aromatic rings. The second-order valence-corrected chi connectivity index (χ2v) is 7.96. The molecule has 2 N–H and O–H groups in total. The predicted octanol–water partition coefficient (Wildman–Crippen LogP) is 3.21. The Morgan fingerprint density at radius 1 is 1.15 bits per heavy atom. The fourth-order valence-electron chi connectivity index (χ4n) is 4.12. The Balaban J connectivity index is 1.65. The van der Waals surface area contributed by atoms with Crippen LogP contribution >= 0.6 is 0 Å². The highest BCUT2D eigenvalue weighted by Gasteiger charge is 2.25. The van der Waals surface area contributed by atoms with Crippen LogP contribution in [-0.4, -0.2) is 29.7 Å². The zero-order valence-electron chi connectivity index (χ0n) is 18.1. The normalized spacial score (nSPS) is 14.0. The number of benzene rings is 2. The average Bonchev–Trinajstić information content (AvgIpc) is 2.82. The molecule has 1 aliphatic rings. The summed E-state index contributed by atoms with van der Waals surface area (Å²) < 4.78 is 21.1. The molecular formula is C25H23FN4O3. The van der Waals surface area contributed by atoms with E-state index in [9.17, 15) is 19.2 Å². The summed E-state index contributed by atoms with van der Waals surface area (Å²) >= 11 is 0. The van der Waals surface area contributed by atoms with Gasteiger partial charge >= 0.3 is 0 Å². The molecule has 8 heteroatoms. The lowest BCUT2D eigenvalue weighted by molar-refractivity contribution is 0.0999. The van der Waals surface area contributed by atoms with E-state index in [-0.39, 0.29) is 23.2 Å². The van der Waals surface area contributed by atoms with Crippen LogP contribution in [-0.2, 0) is 7.05 Å². The number of aryl methyl sites for hydroxylation is 1. The zero-order valence-corrected chi connectivity index (χ0v) is 18.1. The number of aromatic nitrogens is 1. The number of para-hydroxylation sites is 1. The van der Waals surface area contributed by atoms with Gasteiger partial charge in [0.1, 0.15) is 11.7 Å². The van der Waals surface area contributed by atoms with Gasteiger partial charge in [0.2, 0.25) is 0 Å². The first-order valence-electron chi connectivity index (χ1n) is 10.6. The molecule has 1 saturated heterocycles.